The third kappa shape index (κ3) is 2.42. The molecule has 2 heterocycles. The maximum atomic E-state index is 12.6. The van der Waals surface area contributed by atoms with Crippen molar-refractivity contribution < 1.29 is 9.59 Å². The third-order valence-electron chi connectivity index (χ3n) is 3.99. The topological polar surface area (TPSA) is 58.4 Å². The van der Waals surface area contributed by atoms with E-state index in [-0.39, 0.29) is 11.8 Å². The molecule has 1 fully saturated rings. The molecule has 0 atom stereocenters. The molecule has 0 unspecified atom stereocenters. The molecule has 6 heteroatoms. The highest BCUT2D eigenvalue weighted by atomic mass is 16.2. The number of hydrogen-bond donors (Lipinski definition) is 0. The minimum atomic E-state index is -0.655. The third-order valence-corrected chi connectivity index (χ3v) is 3.99. The predicted octanol–water partition coefficient (Wildman–Crippen LogP) is 0.699. The molecule has 0 spiro atoms. The van der Waals surface area contributed by atoms with Crippen LogP contribution >= 0.6 is 0 Å². The van der Waals surface area contributed by atoms with Crippen LogP contribution in [0.5, 0.6) is 0 Å². The summed E-state index contributed by atoms with van der Waals surface area (Å²) in [5.41, 5.74) is -0.655. The fourth-order valence-electron chi connectivity index (χ4n) is 2.83. The molecule has 20 heavy (non-hydrogen) atoms. The Morgan fingerprint density at radius 1 is 1.30 bits per heavy atom. The number of piperidine rings is 1. The number of likely N-dealkylation sites (tertiary alicyclic amines) is 1. The fourth-order valence-corrected chi connectivity index (χ4v) is 2.83. The number of carbonyl (C=O) groups is 2. The van der Waals surface area contributed by atoms with Crippen LogP contribution in [0.1, 0.15) is 26.2 Å². The van der Waals surface area contributed by atoms with Crippen molar-refractivity contribution in [2.24, 2.45) is 0 Å². The van der Waals surface area contributed by atoms with Crippen molar-refractivity contribution in [3.8, 4) is 0 Å². The predicted molar refractivity (Wildman–Crippen MR) is 75.0 cm³/mol. The van der Waals surface area contributed by atoms with Gasteiger partial charge in [-0.25, -0.2) is 0 Å². The van der Waals surface area contributed by atoms with Gasteiger partial charge in [-0.3, -0.25) is 14.3 Å². The Morgan fingerprint density at radius 3 is 2.40 bits per heavy atom. The van der Waals surface area contributed by atoms with E-state index in [0.717, 1.165) is 0 Å². The van der Waals surface area contributed by atoms with Crippen LogP contribution in [0.25, 0.3) is 0 Å². The Balaban J connectivity index is 2.24. The van der Waals surface area contributed by atoms with Gasteiger partial charge < -0.3 is 9.80 Å². The van der Waals surface area contributed by atoms with Crippen LogP contribution in [0.3, 0.4) is 0 Å². The minimum Gasteiger partial charge on any atom is -0.347 e. The van der Waals surface area contributed by atoms with E-state index in [1.54, 1.807) is 29.9 Å². The van der Waals surface area contributed by atoms with Gasteiger partial charge >= 0.3 is 0 Å². The van der Waals surface area contributed by atoms with Gasteiger partial charge in [-0.2, -0.15) is 5.10 Å². The van der Waals surface area contributed by atoms with Crippen molar-refractivity contribution in [2.75, 3.05) is 27.2 Å². The van der Waals surface area contributed by atoms with Gasteiger partial charge in [0.15, 0.2) is 0 Å². The molecule has 110 valence electrons. The van der Waals surface area contributed by atoms with Gasteiger partial charge in [-0.05, 0) is 18.9 Å². The molecule has 0 saturated carbocycles. The van der Waals surface area contributed by atoms with Gasteiger partial charge in [-0.15, -0.1) is 0 Å². The smallest absolute Gasteiger partial charge is 0.250 e. The normalized spacial score (nSPS) is 17.9. The summed E-state index contributed by atoms with van der Waals surface area (Å²) in [6.45, 7) is 3.07. The average Bonchev–Trinajstić information content (AvgIpc) is 3.00. The number of hydrogen-bond acceptors (Lipinski definition) is 3. The van der Waals surface area contributed by atoms with Crippen molar-refractivity contribution in [3.63, 3.8) is 0 Å². The summed E-state index contributed by atoms with van der Waals surface area (Å²) in [4.78, 5) is 27.9. The lowest BCUT2D eigenvalue weighted by Crippen LogP contribution is -2.55. The Morgan fingerprint density at radius 2 is 1.95 bits per heavy atom. The number of amides is 2. The van der Waals surface area contributed by atoms with E-state index in [1.165, 1.54) is 0 Å². The minimum absolute atomic E-state index is 0.0461. The number of aromatic nitrogens is 2. The first-order valence-electron chi connectivity index (χ1n) is 7.01. The Labute approximate surface area is 119 Å². The van der Waals surface area contributed by atoms with E-state index in [9.17, 15) is 9.59 Å². The van der Waals surface area contributed by atoms with Crippen LogP contribution in [-0.2, 0) is 15.1 Å². The molecule has 6 nitrogen and oxygen atoms in total. The van der Waals surface area contributed by atoms with Gasteiger partial charge in [0.05, 0.1) is 0 Å². The number of nitrogens with zero attached hydrogens (tertiary/aromatic N) is 4. The summed E-state index contributed by atoms with van der Waals surface area (Å²) in [5, 5.41) is 4.27. The van der Waals surface area contributed by atoms with Crippen molar-refractivity contribution in [1.29, 1.82) is 0 Å². The van der Waals surface area contributed by atoms with Crippen LogP contribution in [0, 0.1) is 0 Å². The standard InChI is InChI=1S/C14H22N4O2/c1-4-12(19)17-10-6-14(7-11-17,13(20)16(2)3)18-9-5-8-15-18/h5,8-9H,4,6-7,10-11H2,1-3H3. The number of rotatable bonds is 3. The zero-order valence-electron chi connectivity index (χ0n) is 12.4. The molecule has 1 aromatic heterocycles. The Bertz CT molecular complexity index is 473. The van der Waals surface area contributed by atoms with E-state index >= 15 is 0 Å². The summed E-state index contributed by atoms with van der Waals surface area (Å²) in [6.07, 6.45) is 5.25. The zero-order valence-corrected chi connectivity index (χ0v) is 12.4. The summed E-state index contributed by atoms with van der Waals surface area (Å²) in [6, 6.07) is 1.83. The van der Waals surface area contributed by atoms with Gasteiger partial charge in [-0.1, -0.05) is 6.92 Å². The number of carbonyl (C=O) groups excluding carboxylic acids is 2. The van der Waals surface area contributed by atoms with E-state index < -0.39 is 5.54 Å². The molecule has 2 amide bonds. The summed E-state index contributed by atoms with van der Waals surface area (Å²) >= 11 is 0. The molecule has 0 aliphatic carbocycles. The lowest BCUT2D eigenvalue weighted by atomic mass is 9.86. The Hall–Kier alpha value is -1.85. The highest BCUT2D eigenvalue weighted by Gasteiger charge is 2.45. The molecule has 0 radical (unpaired) electrons. The second-order valence-electron chi connectivity index (χ2n) is 5.42. The zero-order chi connectivity index (χ0) is 14.8. The first-order valence-corrected chi connectivity index (χ1v) is 7.01. The van der Waals surface area contributed by atoms with Gasteiger partial charge in [0.1, 0.15) is 5.54 Å². The molecule has 1 aromatic rings. The van der Waals surface area contributed by atoms with Gasteiger partial charge in [0.25, 0.3) is 0 Å². The van der Waals surface area contributed by atoms with Crippen molar-refractivity contribution in [1.82, 2.24) is 19.6 Å². The molecule has 2 rings (SSSR count). The first kappa shape index (κ1) is 14.6. The van der Waals surface area contributed by atoms with Crippen molar-refractivity contribution in [3.05, 3.63) is 18.5 Å². The van der Waals surface area contributed by atoms with Gasteiger partial charge in [0, 0.05) is 46.0 Å². The summed E-state index contributed by atoms with van der Waals surface area (Å²) in [5.74, 6) is 0.196. The molecular weight excluding hydrogens is 256 g/mol. The summed E-state index contributed by atoms with van der Waals surface area (Å²) in [7, 11) is 3.52. The Kier molecular flexibility index (Phi) is 4.11. The van der Waals surface area contributed by atoms with E-state index in [4.69, 9.17) is 0 Å². The largest absolute Gasteiger partial charge is 0.347 e. The maximum Gasteiger partial charge on any atom is 0.250 e. The SMILES string of the molecule is CCC(=O)N1CCC(C(=O)N(C)C)(n2cccn2)CC1. The molecular formula is C14H22N4O2. The molecule has 1 aliphatic heterocycles. The lowest BCUT2D eigenvalue weighted by molar-refractivity contribution is -0.145. The summed E-state index contributed by atoms with van der Waals surface area (Å²) < 4.78 is 1.75. The maximum absolute atomic E-state index is 12.6. The molecule has 0 bridgehead atoms. The second kappa shape index (κ2) is 5.64. The lowest BCUT2D eigenvalue weighted by Gasteiger charge is -2.41. The van der Waals surface area contributed by atoms with Crippen molar-refractivity contribution in [2.45, 2.75) is 31.7 Å². The van der Waals surface area contributed by atoms with Crippen LogP contribution in [0.2, 0.25) is 0 Å². The molecule has 1 saturated heterocycles. The molecule has 1 aliphatic rings. The van der Waals surface area contributed by atoms with Crippen LogP contribution in [-0.4, -0.2) is 58.6 Å². The number of likely N-dealkylation sites (N-methyl/N-ethyl adjacent to an activating group) is 1. The average molecular weight is 278 g/mol. The quantitative estimate of drug-likeness (QED) is 0.817. The fraction of sp³-hybridized carbons (Fsp3) is 0.643. The van der Waals surface area contributed by atoms with Crippen LogP contribution < -0.4 is 0 Å². The van der Waals surface area contributed by atoms with E-state index in [0.29, 0.717) is 32.4 Å². The van der Waals surface area contributed by atoms with Gasteiger partial charge in [0.2, 0.25) is 11.8 Å². The van der Waals surface area contributed by atoms with Crippen molar-refractivity contribution >= 4 is 11.8 Å². The van der Waals surface area contributed by atoms with E-state index in [2.05, 4.69) is 5.10 Å². The highest BCUT2D eigenvalue weighted by Crippen LogP contribution is 2.31. The molecule has 0 N–H and O–H groups in total. The first-order chi connectivity index (χ1) is 9.51. The molecule has 0 aromatic carbocycles. The van der Waals surface area contributed by atoms with E-state index in [1.807, 2.05) is 24.1 Å². The highest BCUT2D eigenvalue weighted by molar-refractivity contribution is 5.84. The van der Waals surface area contributed by atoms with Crippen LogP contribution in [0.15, 0.2) is 18.5 Å². The second-order valence-corrected chi connectivity index (χ2v) is 5.42. The van der Waals surface area contributed by atoms with Crippen LogP contribution in [0.4, 0.5) is 0 Å². The monoisotopic (exact) mass is 278 g/mol.